The van der Waals surface area contributed by atoms with Gasteiger partial charge in [0.25, 0.3) is 0 Å². The lowest BCUT2D eigenvalue weighted by Crippen LogP contribution is -2.39. The zero-order chi connectivity index (χ0) is 15.3. The van der Waals surface area contributed by atoms with Gasteiger partial charge in [-0.15, -0.1) is 11.3 Å². The number of nitrogens with one attached hydrogen (secondary N) is 2. The molecule has 1 saturated heterocycles. The molecule has 21 heavy (non-hydrogen) atoms. The molecule has 0 aromatic carbocycles. The smallest absolute Gasteiger partial charge is 0.250 e. The van der Waals surface area contributed by atoms with Gasteiger partial charge in [-0.1, -0.05) is 6.92 Å². The molecule has 1 aromatic heterocycles. The normalized spacial score (nSPS) is 18.8. The SMILES string of the molecule is CNCCc1ccc(S(=O)(=O)NCC2(C)CCOCC2)s1. The molecule has 0 unspecified atom stereocenters. The van der Waals surface area contributed by atoms with Crippen molar-refractivity contribution in [2.24, 2.45) is 5.41 Å². The Labute approximate surface area is 131 Å². The van der Waals surface area contributed by atoms with Crippen molar-refractivity contribution in [2.45, 2.75) is 30.4 Å². The molecule has 0 bridgehead atoms. The van der Waals surface area contributed by atoms with Crippen molar-refractivity contribution in [3.63, 3.8) is 0 Å². The number of sulfonamides is 1. The Kier molecular flexibility index (Phi) is 5.79. The lowest BCUT2D eigenvalue weighted by atomic mass is 9.83. The van der Waals surface area contributed by atoms with Crippen LogP contribution < -0.4 is 10.0 Å². The molecule has 7 heteroatoms. The molecule has 1 aliphatic rings. The van der Waals surface area contributed by atoms with E-state index in [0.717, 1.165) is 30.7 Å². The quantitative estimate of drug-likeness (QED) is 0.796. The molecule has 0 saturated carbocycles. The van der Waals surface area contributed by atoms with Crippen LogP contribution in [0.25, 0.3) is 0 Å². The van der Waals surface area contributed by atoms with E-state index in [2.05, 4.69) is 17.0 Å². The molecule has 1 fully saturated rings. The lowest BCUT2D eigenvalue weighted by Gasteiger charge is -2.33. The molecular weight excluding hydrogens is 308 g/mol. The fraction of sp³-hybridized carbons (Fsp3) is 0.714. The summed E-state index contributed by atoms with van der Waals surface area (Å²) in [7, 11) is -1.50. The van der Waals surface area contributed by atoms with Gasteiger partial charge < -0.3 is 10.1 Å². The molecule has 0 amide bonds. The average molecular weight is 332 g/mol. The van der Waals surface area contributed by atoms with E-state index in [4.69, 9.17) is 4.74 Å². The van der Waals surface area contributed by atoms with Crippen molar-refractivity contribution in [3.8, 4) is 0 Å². The van der Waals surface area contributed by atoms with E-state index in [-0.39, 0.29) is 5.41 Å². The van der Waals surface area contributed by atoms with Crippen molar-refractivity contribution in [3.05, 3.63) is 17.0 Å². The van der Waals surface area contributed by atoms with Crippen molar-refractivity contribution >= 4 is 21.4 Å². The van der Waals surface area contributed by atoms with E-state index >= 15 is 0 Å². The van der Waals surface area contributed by atoms with Crippen molar-refractivity contribution < 1.29 is 13.2 Å². The molecule has 5 nitrogen and oxygen atoms in total. The van der Waals surface area contributed by atoms with Crippen LogP contribution in [0.3, 0.4) is 0 Å². The average Bonchev–Trinajstić information content (AvgIpc) is 2.94. The molecular formula is C14H24N2O3S2. The van der Waals surface area contributed by atoms with Crippen LogP contribution in [-0.4, -0.2) is 41.8 Å². The Bertz CT molecular complexity index is 548. The molecule has 0 radical (unpaired) electrons. The number of hydrogen-bond acceptors (Lipinski definition) is 5. The minimum absolute atomic E-state index is 0.00244. The van der Waals surface area contributed by atoms with Gasteiger partial charge >= 0.3 is 0 Å². The van der Waals surface area contributed by atoms with Crippen LogP contribution in [0.1, 0.15) is 24.6 Å². The largest absolute Gasteiger partial charge is 0.381 e. The third-order valence-corrected chi connectivity index (χ3v) is 6.95. The second-order valence-electron chi connectivity index (χ2n) is 5.82. The fourth-order valence-electron chi connectivity index (χ4n) is 2.27. The predicted octanol–water partition coefficient (Wildman–Crippen LogP) is 1.60. The van der Waals surface area contributed by atoms with Crippen LogP contribution in [0.5, 0.6) is 0 Å². The van der Waals surface area contributed by atoms with E-state index in [1.165, 1.54) is 11.3 Å². The summed E-state index contributed by atoms with van der Waals surface area (Å²) in [6, 6.07) is 3.59. The summed E-state index contributed by atoms with van der Waals surface area (Å²) in [6.07, 6.45) is 2.65. The van der Waals surface area contributed by atoms with E-state index in [9.17, 15) is 8.42 Å². The van der Waals surface area contributed by atoms with Gasteiger partial charge in [0.2, 0.25) is 10.0 Å². The van der Waals surface area contributed by atoms with Gasteiger partial charge in [0, 0.05) is 24.6 Å². The van der Waals surface area contributed by atoms with Gasteiger partial charge in [-0.2, -0.15) is 0 Å². The van der Waals surface area contributed by atoms with Crippen LogP contribution in [0.2, 0.25) is 0 Å². The van der Waals surface area contributed by atoms with Gasteiger partial charge in [-0.3, -0.25) is 0 Å². The maximum absolute atomic E-state index is 12.4. The van der Waals surface area contributed by atoms with Gasteiger partial charge in [0.1, 0.15) is 4.21 Å². The highest BCUT2D eigenvalue weighted by atomic mass is 32.2. The van der Waals surface area contributed by atoms with Crippen LogP contribution in [-0.2, 0) is 21.2 Å². The monoisotopic (exact) mass is 332 g/mol. The minimum Gasteiger partial charge on any atom is -0.381 e. The predicted molar refractivity (Wildman–Crippen MR) is 85.3 cm³/mol. The molecule has 2 heterocycles. The fourth-order valence-corrected chi connectivity index (χ4v) is 4.87. The summed E-state index contributed by atoms with van der Waals surface area (Å²) < 4.78 is 33.2. The third kappa shape index (κ3) is 4.75. The van der Waals surface area contributed by atoms with Crippen molar-refractivity contribution in [1.82, 2.24) is 10.0 Å². The van der Waals surface area contributed by atoms with Crippen LogP contribution in [0.4, 0.5) is 0 Å². The molecule has 120 valence electrons. The summed E-state index contributed by atoms with van der Waals surface area (Å²) in [5.41, 5.74) is -0.00244. The van der Waals surface area contributed by atoms with Crippen LogP contribution in [0, 0.1) is 5.41 Å². The van der Waals surface area contributed by atoms with Gasteiger partial charge in [-0.25, -0.2) is 13.1 Å². The molecule has 1 aliphatic heterocycles. The zero-order valence-corrected chi connectivity index (χ0v) is 14.3. The maximum atomic E-state index is 12.4. The second-order valence-corrected chi connectivity index (χ2v) is 8.98. The highest BCUT2D eigenvalue weighted by molar-refractivity contribution is 7.91. The standard InChI is InChI=1S/C14H24N2O3S2/c1-14(6-9-19-10-7-14)11-16-21(17,18)13-4-3-12(20-13)5-8-15-2/h3-4,15-16H,5-11H2,1-2H3. The van der Waals surface area contributed by atoms with E-state index < -0.39 is 10.0 Å². The molecule has 1 aromatic rings. The van der Waals surface area contributed by atoms with E-state index in [1.54, 1.807) is 6.07 Å². The minimum atomic E-state index is -3.39. The Hall–Kier alpha value is -0.470. The number of ether oxygens (including phenoxy) is 1. The maximum Gasteiger partial charge on any atom is 0.250 e. The van der Waals surface area contributed by atoms with Gasteiger partial charge in [0.15, 0.2) is 0 Å². The summed E-state index contributed by atoms with van der Waals surface area (Å²) in [6.45, 7) is 4.87. The van der Waals surface area contributed by atoms with Gasteiger partial charge in [0.05, 0.1) is 0 Å². The number of hydrogen-bond donors (Lipinski definition) is 2. The highest BCUT2D eigenvalue weighted by Gasteiger charge is 2.29. The molecule has 2 rings (SSSR count). The second kappa shape index (κ2) is 7.19. The first-order valence-electron chi connectivity index (χ1n) is 7.26. The van der Waals surface area contributed by atoms with E-state index in [0.29, 0.717) is 24.0 Å². The molecule has 0 spiro atoms. The van der Waals surface area contributed by atoms with Gasteiger partial charge in [-0.05, 0) is 50.4 Å². The molecule has 0 aliphatic carbocycles. The summed E-state index contributed by atoms with van der Waals surface area (Å²) >= 11 is 1.35. The van der Waals surface area contributed by atoms with Crippen molar-refractivity contribution in [1.29, 1.82) is 0 Å². The number of thiophene rings is 1. The van der Waals surface area contributed by atoms with Crippen LogP contribution >= 0.6 is 11.3 Å². The first-order valence-corrected chi connectivity index (χ1v) is 9.56. The third-order valence-electron chi connectivity index (χ3n) is 3.91. The summed E-state index contributed by atoms with van der Waals surface area (Å²) in [5.74, 6) is 0. The highest BCUT2D eigenvalue weighted by Crippen LogP contribution is 2.30. The number of rotatable bonds is 7. The van der Waals surface area contributed by atoms with Crippen LogP contribution in [0.15, 0.2) is 16.3 Å². The first kappa shape index (κ1) is 16.9. The zero-order valence-electron chi connectivity index (χ0n) is 12.6. The van der Waals surface area contributed by atoms with Crippen molar-refractivity contribution in [2.75, 3.05) is 33.4 Å². The number of likely N-dealkylation sites (N-methyl/N-ethyl adjacent to an activating group) is 1. The summed E-state index contributed by atoms with van der Waals surface area (Å²) in [5, 5.41) is 3.07. The summed E-state index contributed by atoms with van der Waals surface area (Å²) in [4.78, 5) is 1.09. The van der Waals surface area contributed by atoms with E-state index in [1.807, 2.05) is 13.1 Å². The first-order chi connectivity index (χ1) is 9.95. The molecule has 0 atom stereocenters. The lowest BCUT2D eigenvalue weighted by molar-refractivity contribution is 0.0265. The Balaban J connectivity index is 1.96. The Morgan fingerprint density at radius 3 is 2.71 bits per heavy atom. The Morgan fingerprint density at radius 1 is 1.33 bits per heavy atom. The molecule has 2 N–H and O–H groups in total. The Morgan fingerprint density at radius 2 is 2.05 bits per heavy atom. The topological polar surface area (TPSA) is 67.4 Å².